The predicted octanol–water partition coefficient (Wildman–Crippen LogP) is 7.08. The van der Waals surface area contributed by atoms with Crippen LogP contribution in [0.2, 0.25) is 0 Å². The molecule has 2 rings (SSSR count). The van der Waals surface area contributed by atoms with Gasteiger partial charge in [0.25, 0.3) is 0 Å². The predicted molar refractivity (Wildman–Crippen MR) is 163 cm³/mol. The molecule has 14 heteroatoms. The molecule has 11 nitrogen and oxygen atoms in total. The summed E-state index contributed by atoms with van der Waals surface area (Å²) in [6, 6.07) is 1.15. The summed E-state index contributed by atoms with van der Waals surface area (Å²) in [5.41, 5.74) is 4.39. The number of alkyl halides is 2. The zero-order valence-corrected chi connectivity index (χ0v) is 27.2. The molecule has 0 aromatic carbocycles. The molecule has 1 aliphatic heterocycles. The minimum atomic E-state index is -4.62. The first-order chi connectivity index (χ1) is 21.0. The van der Waals surface area contributed by atoms with Crippen molar-refractivity contribution in [1.82, 2.24) is 9.55 Å². The maximum atomic E-state index is 15.6. The van der Waals surface area contributed by atoms with Gasteiger partial charge in [0, 0.05) is 12.6 Å². The van der Waals surface area contributed by atoms with E-state index in [0.29, 0.717) is 17.4 Å². The van der Waals surface area contributed by atoms with Crippen LogP contribution in [0.25, 0.3) is 0 Å². The van der Waals surface area contributed by atoms with E-state index in [-0.39, 0.29) is 18.8 Å². The van der Waals surface area contributed by atoms with Gasteiger partial charge in [0.15, 0.2) is 6.10 Å². The number of nitrogen functional groups attached to an aromatic ring is 1. The normalized spacial score (nSPS) is 20.9. The van der Waals surface area contributed by atoms with Crippen LogP contribution in [-0.2, 0) is 27.9 Å². The van der Waals surface area contributed by atoms with E-state index in [0.717, 1.165) is 76.5 Å². The number of unbranched alkanes of at least 4 members (excludes halogenated alkanes) is 14. The Morgan fingerprint density at radius 1 is 0.977 bits per heavy atom. The van der Waals surface area contributed by atoms with Crippen LogP contribution in [0.4, 0.5) is 14.6 Å². The van der Waals surface area contributed by atoms with Crippen LogP contribution in [0.5, 0.6) is 0 Å². The van der Waals surface area contributed by atoms with Gasteiger partial charge < -0.3 is 20.1 Å². The highest BCUT2D eigenvalue weighted by atomic mass is 31.2. The molecule has 2 heterocycles. The van der Waals surface area contributed by atoms with Crippen molar-refractivity contribution in [2.45, 2.75) is 147 Å². The van der Waals surface area contributed by atoms with Gasteiger partial charge in [0.1, 0.15) is 11.9 Å². The maximum absolute atomic E-state index is 15.6. The van der Waals surface area contributed by atoms with E-state index in [2.05, 4.69) is 18.8 Å². The minimum absolute atomic E-state index is 0.0451. The summed E-state index contributed by atoms with van der Waals surface area (Å²) >= 11 is 0. The van der Waals surface area contributed by atoms with Gasteiger partial charge in [-0.15, -0.1) is 0 Å². The quantitative estimate of drug-likeness (QED) is 0.0674. The smallest absolute Gasteiger partial charge is 0.453 e. The number of anilines is 1. The monoisotopic (exact) mass is 651 g/mol. The number of phosphoric ester groups is 1. The summed E-state index contributed by atoms with van der Waals surface area (Å²) in [6.07, 6.45) is 10.8. The zero-order valence-electron chi connectivity index (χ0n) is 26.3. The van der Waals surface area contributed by atoms with E-state index >= 15 is 8.78 Å². The molecule has 1 saturated heterocycles. The highest BCUT2D eigenvalue weighted by Gasteiger charge is 2.62. The van der Waals surface area contributed by atoms with E-state index in [4.69, 9.17) is 24.3 Å². The molecule has 4 atom stereocenters. The fraction of sp³-hybridized carbons (Fsp3) is 0.833. The number of carbonyl (C=O) groups is 1. The van der Waals surface area contributed by atoms with E-state index in [1.54, 1.807) is 0 Å². The Morgan fingerprint density at radius 3 is 2.09 bits per heavy atom. The van der Waals surface area contributed by atoms with E-state index in [1.807, 2.05) is 0 Å². The standard InChI is InChI=1S/C30H52F2N3O8P/c1-3-5-7-9-11-13-15-17-19-26(36)43-27-24(42-28(30(27,31)32)35-21-20-25(33)34-29(35)37)23-41-44(38,39)40-22-18-16-14-12-10-8-6-4-2/h20-21,24,27-28H,3-19,22-23H2,1-2H3,(H,38,39)(H2,33,34,37). The van der Waals surface area contributed by atoms with E-state index in [9.17, 15) is 19.0 Å². The fourth-order valence-corrected chi connectivity index (χ4v) is 5.85. The Hall–Kier alpha value is -1.92. The number of nitrogens with two attached hydrogens (primary N) is 1. The third kappa shape index (κ3) is 13.6. The van der Waals surface area contributed by atoms with Crippen molar-refractivity contribution in [3.63, 3.8) is 0 Å². The first kappa shape index (κ1) is 38.3. The molecule has 1 aromatic heterocycles. The van der Waals surface area contributed by atoms with Gasteiger partial charge in [-0.1, -0.05) is 104 Å². The molecular weight excluding hydrogens is 599 g/mol. The van der Waals surface area contributed by atoms with Gasteiger partial charge in [-0.05, 0) is 18.9 Å². The van der Waals surface area contributed by atoms with Crippen LogP contribution in [0.15, 0.2) is 17.1 Å². The second kappa shape index (κ2) is 20.3. The summed E-state index contributed by atoms with van der Waals surface area (Å²) in [4.78, 5) is 38.5. The number of aromatic nitrogens is 2. The van der Waals surface area contributed by atoms with Crippen LogP contribution in [-0.4, -0.2) is 51.8 Å². The molecule has 0 radical (unpaired) electrons. The second-order valence-electron chi connectivity index (χ2n) is 11.5. The number of phosphoric acid groups is 1. The van der Waals surface area contributed by atoms with Crippen LogP contribution >= 0.6 is 7.82 Å². The topological polar surface area (TPSA) is 152 Å². The molecule has 44 heavy (non-hydrogen) atoms. The van der Waals surface area contributed by atoms with Crippen molar-refractivity contribution in [2.24, 2.45) is 0 Å². The summed E-state index contributed by atoms with van der Waals surface area (Å²) < 4.78 is 64.9. The number of esters is 1. The van der Waals surface area contributed by atoms with Crippen molar-refractivity contribution in [3.8, 4) is 0 Å². The fourth-order valence-electron chi connectivity index (χ4n) is 5.08. The Balaban J connectivity index is 1.95. The van der Waals surface area contributed by atoms with Crippen LogP contribution in [0.3, 0.4) is 0 Å². The Kier molecular flexibility index (Phi) is 17.6. The minimum Gasteiger partial charge on any atom is -0.453 e. The lowest BCUT2D eigenvalue weighted by molar-refractivity contribution is -0.176. The molecule has 3 N–H and O–H groups in total. The summed E-state index contributed by atoms with van der Waals surface area (Å²) in [5.74, 6) is -4.94. The lowest BCUT2D eigenvalue weighted by Gasteiger charge is -2.24. The molecular formula is C30H52F2N3O8P. The van der Waals surface area contributed by atoms with Gasteiger partial charge in [0.2, 0.25) is 6.23 Å². The first-order valence-corrected chi connectivity index (χ1v) is 17.7. The molecule has 1 fully saturated rings. The molecule has 0 spiro atoms. The molecule has 0 aliphatic carbocycles. The van der Waals surface area contributed by atoms with Crippen LogP contribution in [0, 0.1) is 0 Å². The lowest BCUT2D eigenvalue weighted by Crippen LogP contribution is -2.44. The largest absolute Gasteiger partial charge is 0.472 e. The molecule has 1 aliphatic rings. The number of hydrogen-bond donors (Lipinski definition) is 2. The van der Waals surface area contributed by atoms with Gasteiger partial charge in [-0.3, -0.25) is 18.4 Å². The summed E-state index contributed by atoms with van der Waals surface area (Å²) in [7, 11) is -4.62. The van der Waals surface area contributed by atoms with Gasteiger partial charge >= 0.3 is 25.4 Å². The molecule has 1 aromatic rings. The number of nitrogens with zero attached hydrogens (tertiary/aromatic N) is 2. The van der Waals surface area contributed by atoms with E-state index < -0.39 is 50.4 Å². The molecule has 254 valence electrons. The molecule has 0 saturated carbocycles. The highest BCUT2D eigenvalue weighted by Crippen LogP contribution is 2.48. The van der Waals surface area contributed by atoms with E-state index in [1.165, 1.54) is 25.7 Å². The van der Waals surface area contributed by atoms with Gasteiger partial charge in [-0.25, -0.2) is 9.36 Å². The van der Waals surface area contributed by atoms with Gasteiger partial charge in [-0.2, -0.15) is 13.8 Å². The molecule has 0 amide bonds. The highest BCUT2D eigenvalue weighted by molar-refractivity contribution is 7.47. The lowest BCUT2D eigenvalue weighted by atomic mass is 10.1. The number of rotatable bonds is 24. The van der Waals surface area contributed by atoms with Crippen LogP contribution < -0.4 is 11.4 Å². The number of ether oxygens (including phenoxy) is 2. The Labute approximate surface area is 259 Å². The van der Waals surface area contributed by atoms with Gasteiger partial charge in [0.05, 0.1) is 13.2 Å². The van der Waals surface area contributed by atoms with Crippen molar-refractivity contribution in [2.75, 3.05) is 18.9 Å². The average Bonchev–Trinajstić information content (AvgIpc) is 3.21. The Bertz CT molecular complexity index is 1080. The first-order valence-electron chi connectivity index (χ1n) is 16.2. The molecule has 0 bridgehead atoms. The van der Waals surface area contributed by atoms with Crippen molar-refractivity contribution < 1.29 is 41.6 Å². The summed E-state index contributed by atoms with van der Waals surface area (Å²) in [5, 5.41) is 0. The van der Waals surface area contributed by atoms with Crippen LogP contribution in [0.1, 0.15) is 129 Å². The SMILES string of the molecule is CCCCCCCCCCOP(=O)(O)OCC1OC(n2ccc(N)nc2=O)C(F)(F)C1OC(=O)CCCCCCCCCC. The third-order valence-electron chi connectivity index (χ3n) is 7.60. The zero-order chi connectivity index (χ0) is 32.4. The van der Waals surface area contributed by atoms with Crippen molar-refractivity contribution >= 4 is 19.6 Å². The third-order valence-corrected chi connectivity index (χ3v) is 8.59. The number of carbonyl (C=O) groups excluding carboxylic acids is 1. The number of hydrogen-bond acceptors (Lipinski definition) is 9. The Morgan fingerprint density at radius 2 is 1.52 bits per heavy atom. The maximum Gasteiger partial charge on any atom is 0.472 e. The molecule has 4 unspecified atom stereocenters. The van der Waals surface area contributed by atoms with Crippen molar-refractivity contribution in [3.05, 3.63) is 22.7 Å². The summed E-state index contributed by atoms with van der Waals surface area (Å²) in [6.45, 7) is 3.41. The average molecular weight is 652 g/mol. The van der Waals surface area contributed by atoms with Crippen molar-refractivity contribution in [1.29, 1.82) is 0 Å². The second-order valence-corrected chi connectivity index (χ2v) is 12.9. The number of halogens is 2.